The predicted molar refractivity (Wildman–Crippen MR) is 108 cm³/mol. The second-order valence-electron chi connectivity index (χ2n) is 6.30. The van der Waals surface area contributed by atoms with Crippen LogP contribution in [0.3, 0.4) is 0 Å². The average Bonchev–Trinajstić information content (AvgIpc) is 3.24. The molecule has 2 N–H and O–H groups in total. The van der Waals surface area contributed by atoms with Gasteiger partial charge in [-0.1, -0.05) is 12.1 Å². The third-order valence-electron chi connectivity index (χ3n) is 4.32. The summed E-state index contributed by atoms with van der Waals surface area (Å²) in [6, 6.07) is 12.1. The molecule has 0 unspecified atom stereocenters. The molecule has 0 saturated carbocycles. The van der Waals surface area contributed by atoms with Crippen LogP contribution in [0.2, 0.25) is 0 Å². The number of nitrogens with zero attached hydrogens (tertiary/aromatic N) is 5. The summed E-state index contributed by atoms with van der Waals surface area (Å²) < 4.78 is 6.54. The first-order chi connectivity index (χ1) is 12.6. The first kappa shape index (κ1) is 16.5. The van der Waals surface area contributed by atoms with E-state index in [0.717, 1.165) is 45.8 Å². The second kappa shape index (κ2) is 6.42. The Balaban J connectivity index is 1.85. The van der Waals surface area contributed by atoms with Crippen molar-refractivity contribution >= 4 is 33.3 Å². The largest absolute Gasteiger partial charge is 0.389 e. The molecule has 6 nitrogen and oxygen atoms in total. The summed E-state index contributed by atoms with van der Waals surface area (Å²) in [5, 5.41) is 6.31. The number of pyridine rings is 1. The number of nitrogens with two attached hydrogens (primary N) is 1. The number of hydrogen-bond donors (Lipinski definition) is 1. The van der Waals surface area contributed by atoms with Crippen LogP contribution in [0, 0.1) is 0 Å². The smallest absolute Gasteiger partial charge is 0.128 e. The molecule has 0 saturated heterocycles. The number of fused-ring (bicyclic) bond motifs is 1. The minimum atomic E-state index is 0.674. The van der Waals surface area contributed by atoms with E-state index in [-0.39, 0.29) is 0 Å². The summed E-state index contributed by atoms with van der Waals surface area (Å²) >= 11 is 1.30. The van der Waals surface area contributed by atoms with Crippen molar-refractivity contribution in [3.63, 3.8) is 0 Å². The van der Waals surface area contributed by atoms with Crippen molar-refractivity contribution in [3.8, 4) is 22.5 Å². The van der Waals surface area contributed by atoms with Gasteiger partial charge in [0.05, 0.1) is 22.5 Å². The minimum absolute atomic E-state index is 0.674. The number of nitrogen functional groups attached to an aromatic ring is 1. The summed E-state index contributed by atoms with van der Waals surface area (Å²) in [6.07, 6.45) is 2.05. The molecule has 4 rings (SSSR count). The van der Waals surface area contributed by atoms with E-state index in [0.29, 0.717) is 5.00 Å². The zero-order chi connectivity index (χ0) is 18.3. The van der Waals surface area contributed by atoms with Crippen molar-refractivity contribution < 1.29 is 0 Å². The standard InChI is InChI=1S/C19H20N6S/c1-4-25-11-13-10-12(8-9-14(13)22-25)18-17(19(20)26-23-18)15-6-5-7-16(21-15)24(2)3/h5-11H,4,20H2,1-3H3. The topological polar surface area (TPSA) is 72.9 Å². The normalized spacial score (nSPS) is 11.2. The van der Waals surface area contributed by atoms with Gasteiger partial charge in [0.15, 0.2) is 0 Å². The number of aromatic nitrogens is 4. The molecule has 3 aromatic heterocycles. The molecule has 0 bridgehead atoms. The Morgan fingerprint density at radius 3 is 2.81 bits per heavy atom. The van der Waals surface area contributed by atoms with Crippen molar-refractivity contribution in [2.75, 3.05) is 24.7 Å². The van der Waals surface area contributed by atoms with Gasteiger partial charge in [0.2, 0.25) is 0 Å². The van der Waals surface area contributed by atoms with Crippen molar-refractivity contribution in [2.45, 2.75) is 13.5 Å². The zero-order valence-corrected chi connectivity index (χ0v) is 15.8. The fourth-order valence-electron chi connectivity index (χ4n) is 2.95. The lowest BCUT2D eigenvalue weighted by Crippen LogP contribution is -2.10. The monoisotopic (exact) mass is 364 g/mol. The summed E-state index contributed by atoms with van der Waals surface area (Å²) in [7, 11) is 3.95. The molecule has 0 atom stereocenters. The van der Waals surface area contributed by atoms with E-state index in [9.17, 15) is 0 Å². The Labute approximate surface area is 156 Å². The van der Waals surface area contributed by atoms with E-state index in [1.807, 2.05) is 54.0 Å². The molecule has 26 heavy (non-hydrogen) atoms. The molecule has 0 radical (unpaired) electrons. The lowest BCUT2D eigenvalue weighted by Gasteiger charge is -2.12. The molecule has 0 amide bonds. The van der Waals surface area contributed by atoms with Gasteiger partial charge in [-0.05, 0) is 42.7 Å². The highest BCUT2D eigenvalue weighted by Gasteiger charge is 2.18. The number of aryl methyl sites for hydroxylation is 1. The third kappa shape index (κ3) is 2.80. The van der Waals surface area contributed by atoms with Gasteiger partial charge in [-0.2, -0.15) is 9.47 Å². The van der Waals surface area contributed by atoms with Crippen LogP contribution in [0.25, 0.3) is 33.4 Å². The SMILES string of the molecule is CCn1cc2cc(-c3nsc(N)c3-c3cccc(N(C)C)n3)ccc2n1. The van der Waals surface area contributed by atoms with Gasteiger partial charge in [-0.25, -0.2) is 4.98 Å². The molecule has 0 aliphatic heterocycles. The molecule has 0 spiro atoms. The fourth-order valence-corrected chi connectivity index (χ4v) is 3.62. The highest BCUT2D eigenvalue weighted by Crippen LogP contribution is 2.39. The minimum Gasteiger partial charge on any atom is -0.389 e. The lowest BCUT2D eigenvalue weighted by atomic mass is 10.0. The van der Waals surface area contributed by atoms with Crippen LogP contribution in [-0.4, -0.2) is 33.2 Å². The van der Waals surface area contributed by atoms with Crippen LogP contribution < -0.4 is 10.6 Å². The number of benzene rings is 1. The molecule has 0 aliphatic carbocycles. The summed E-state index contributed by atoms with van der Waals surface area (Å²) in [6.45, 7) is 2.93. The Morgan fingerprint density at radius 1 is 1.19 bits per heavy atom. The van der Waals surface area contributed by atoms with E-state index >= 15 is 0 Å². The van der Waals surface area contributed by atoms with E-state index in [1.165, 1.54) is 11.5 Å². The Bertz CT molecular complexity index is 1080. The first-order valence-corrected chi connectivity index (χ1v) is 9.21. The molecular weight excluding hydrogens is 344 g/mol. The van der Waals surface area contributed by atoms with Gasteiger partial charge in [0, 0.05) is 37.8 Å². The van der Waals surface area contributed by atoms with E-state index in [1.54, 1.807) is 0 Å². The van der Waals surface area contributed by atoms with E-state index in [2.05, 4.69) is 28.7 Å². The second-order valence-corrected chi connectivity index (χ2v) is 7.11. The molecule has 132 valence electrons. The Kier molecular flexibility index (Phi) is 4.08. The van der Waals surface area contributed by atoms with Crippen LogP contribution in [-0.2, 0) is 6.54 Å². The Hall–Kier alpha value is -2.93. The highest BCUT2D eigenvalue weighted by atomic mass is 32.1. The van der Waals surface area contributed by atoms with Crippen LogP contribution in [0.15, 0.2) is 42.6 Å². The van der Waals surface area contributed by atoms with Gasteiger partial charge in [0.25, 0.3) is 0 Å². The van der Waals surface area contributed by atoms with E-state index < -0.39 is 0 Å². The maximum absolute atomic E-state index is 6.26. The van der Waals surface area contributed by atoms with Crippen LogP contribution in [0.1, 0.15) is 6.92 Å². The molecule has 0 aliphatic rings. The van der Waals surface area contributed by atoms with Gasteiger partial charge in [-0.3, -0.25) is 4.68 Å². The predicted octanol–water partition coefficient (Wildman–Crippen LogP) is 3.89. The summed E-state index contributed by atoms with van der Waals surface area (Å²) in [5.41, 5.74) is 10.9. The van der Waals surface area contributed by atoms with Gasteiger partial charge >= 0.3 is 0 Å². The van der Waals surface area contributed by atoms with Crippen molar-refractivity contribution in [1.29, 1.82) is 0 Å². The average molecular weight is 364 g/mol. The maximum atomic E-state index is 6.26. The molecule has 4 aromatic rings. The van der Waals surface area contributed by atoms with Gasteiger partial charge in [0.1, 0.15) is 10.8 Å². The molecule has 1 aromatic carbocycles. The molecule has 7 heteroatoms. The first-order valence-electron chi connectivity index (χ1n) is 8.44. The van der Waals surface area contributed by atoms with E-state index in [4.69, 9.17) is 10.7 Å². The number of rotatable bonds is 4. The van der Waals surface area contributed by atoms with Crippen LogP contribution in [0.5, 0.6) is 0 Å². The van der Waals surface area contributed by atoms with Crippen LogP contribution >= 0.6 is 11.5 Å². The van der Waals surface area contributed by atoms with Crippen molar-refractivity contribution in [3.05, 3.63) is 42.6 Å². The van der Waals surface area contributed by atoms with Gasteiger partial charge in [-0.15, -0.1) is 0 Å². The van der Waals surface area contributed by atoms with Gasteiger partial charge < -0.3 is 10.6 Å². The zero-order valence-electron chi connectivity index (χ0n) is 15.0. The highest BCUT2D eigenvalue weighted by molar-refractivity contribution is 7.11. The van der Waals surface area contributed by atoms with Crippen molar-refractivity contribution in [2.24, 2.45) is 0 Å². The molecule has 0 fully saturated rings. The third-order valence-corrected chi connectivity index (χ3v) is 4.99. The summed E-state index contributed by atoms with van der Waals surface area (Å²) in [4.78, 5) is 6.71. The quantitative estimate of drug-likeness (QED) is 0.595. The molecular formula is C19H20N6S. The fraction of sp³-hybridized carbons (Fsp3) is 0.211. The maximum Gasteiger partial charge on any atom is 0.128 e. The summed E-state index contributed by atoms with van der Waals surface area (Å²) in [5.74, 6) is 0.888. The Morgan fingerprint density at radius 2 is 2.04 bits per heavy atom. The number of anilines is 2. The van der Waals surface area contributed by atoms with Crippen molar-refractivity contribution in [1.82, 2.24) is 19.1 Å². The van der Waals surface area contributed by atoms with Crippen LogP contribution in [0.4, 0.5) is 10.8 Å². The molecule has 3 heterocycles. The number of hydrogen-bond acceptors (Lipinski definition) is 6. The lowest BCUT2D eigenvalue weighted by molar-refractivity contribution is 0.668.